The Kier molecular flexibility index (Phi) is 3.04. The Labute approximate surface area is 96.7 Å². The molecule has 0 fully saturated rings. The summed E-state index contributed by atoms with van der Waals surface area (Å²) < 4.78 is 5.82. The van der Waals surface area contributed by atoms with Crippen LogP contribution in [0.5, 0.6) is 5.95 Å². The molecule has 0 amide bonds. The highest BCUT2D eigenvalue weighted by Crippen LogP contribution is 2.22. The van der Waals surface area contributed by atoms with Gasteiger partial charge in [-0.1, -0.05) is 22.9 Å². The van der Waals surface area contributed by atoms with Gasteiger partial charge in [-0.15, -0.1) is 0 Å². The van der Waals surface area contributed by atoms with Gasteiger partial charge in [-0.05, 0) is 12.1 Å². The quantitative estimate of drug-likeness (QED) is 0.762. The summed E-state index contributed by atoms with van der Waals surface area (Å²) in [5, 5.41) is 23.6. The fourth-order valence-corrected chi connectivity index (χ4v) is 1.49. The summed E-state index contributed by atoms with van der Waals surface area (Å²) in [7, 11) is 0. The lowest BCUT2D eigenvalue weighted by Crippen LogP contribution is -2.38. The molecule has 0 unspecified atom stereocenters. The third-order valence-corrected chi connectivity index (χ3v) is 2.26. The lowest BCUT2D eigenvalue weighted by atomic mass is 10.1. The summed E-state index contributed by atoms with van der Waals surface area (Å²) in [6, 6.07) is 8.87. The van der Waals surface area contributed by atoms with Gasteiger partial charge in [-0.3, -0.25) is 4.79 Å². The largest absolute Gasteiger partial charge is 0.539 e. The summed E-state index contributed by atoms with van der Waals surface area (Å²) in [6.45, 7) is 0.102. The zero-order valence-electron chi connectivity index (χ0n) is 8.87. The molecule has 0 aliphatic heterocycles. The molecule has 1 heterocycles. The number of nitrogens with zero attached hydrogens (tertiary/aromatic N) is 2. The molecule has 0 aliphatic carbocycles. The van der Waals surface area contributed by atoms with Gasteiger partial charge in [0.15, 0.2) is 12.5 Å². The Balaban J connectivity index is 2.33. The van der Waals surface area contributed by atoms with E-state index < -0.39 is 11.9 Å². The summed E-state index contributed by atoms with van der Waals surface area (Å²) in [5.74, 6) is -1.52. The molecule has 2 aromatic rings. The van der Waals surface area contributed by atoms with Crippen LogP contribution in [0.4, 0.5) is 0 Å². The third-order valence-electron chi connectivity index (χ3n) is 2.26. The number of aliphatic carboxylic acids is 1. The van der Waals surface area contributed by atoms with Gasteiger partial charge in [0, 0.05) is 0 Å². The molecule has 17 heavy (non-hydrogen) atoms. The van der Waals surface area contributed by atoms with Gasteiger partial charge in [0.2, 0.25) is 0 Å². The second-order valence-corrected chi connectivity index (χ2v) is 3.44. The molecule has 6 nitrogen and oxygen atoms in total. The molecule has 0 spiro atoms. The average molecular weight is 234 g/mol. The van der Waals surface area contributed by atoms with E-state index in [-0.39, 0.29) is 18.7 Å². The molecule has 1 aromatic heterocycles. The Morgan fingerprint density at radius 3 is 2.76 bits per heavy atom. The number of carbonyl (C=O) groups is 1. The highest BCUT2D eigenvalue weighted by molar-refractivity contribution is 5.66. The fraction of sp³-hybridized carbons (Fsp3) is 0.182. The summed E-state index contributed by atoms with van der Waals surface area (Å²) in [4.78, 5) is 10.5. The van der Waals surface area contributed by atoms with E-state index in [1.807, 2.05) is 6.07 Å². The first-order valence-electron chi connectivity index (χ1n) is 5.02. The maximum Gasteiger partial charge on any atom is 0.309 e. The number of benzene rings is 1. The van der Waals surface area contributed by atoms with Crippen LogP contribution in [-0.2, 0) is 11.3 Å². The molecule has 0 atom stereocenters. The molecule has 1 N–H and O–H groups in total. The summed E-state index contributed by atoms with van der Waals surface area (Å²) in [6.07, 6.45) is -0.115. The van der Waals surface area contributed by atoms with Gasteiger partial charge in [0.1, 0.15) is 6.42 Å². The van der Waals surface area contributed by atoms with E-state index in [4.69, 9.17) is 5.11 Å². The summed E-state index contributed by atoms with van der Waals surface area (Å²) >= 11 is 0. The van der Waals surface area contributed by atoms with Crippen molar-refractivity contribution >= 4 is 5.97 Å². The molecule has 88 valence electrons. The van der Waals surface area contributed by atoms with Gasteiger partial charge in [-0.25, -0.2) is 0 Å². The molecule has 0 bridgehead atoms. The number of hydrogen-bond acceptors (Lipinski definition) is 4. The normalized spacial score (nSPS) is 10.4. The molecule has 0 radical (unpaired) electrons. The van der Waals surface area contributed by atoms with Crippen LogP contribution < -0.4 is 9.79 Å². The van der Waals surface area contributed by atoms with E-state index in [0.717, 1.165) is 0 Å². The molecule has 1 aromatic carbocycles. The van der Waals surface area contributed by atoms with Gasteiger partial charge in [0.05, 0.1) is 10.8 Å². The molecular weight excluding hydrogens is 224 g/mol. The van der Waals surface area contributed by atoms with Crippen molar-refractivity contribution in [3.8, 4) is 17.2 Å². The molecule has 2 rings (SSSR count). The van der Waals surface area contributed by atoms with Crippen molar-refractivity contribution in [2.24, 2.45) is 0 Å². The van der Waals surface area contributed by atoms with Crippen LogP contribution in [0.2, 0.25) is 0 Å². The number of carboxylic acid groups (broad SMARTS) is 1. The van der Waals surface area contributed by atoms with Crippen LogP contribution in [0, 0.1) is 0 Å². The molecule has 0 saturated carbocycles. The Bertz CT molecular complexity index is 522. The zero-order chi connectivity index (χ0) is 12.3. The average Bonchev–Trinajstić information content (AvgIpc) is 2.69. The maximum absolute atomic E-state index is 11.5. The highest BCUT2D eigenvalue weighted by Gasteiger charge is 2.19. The predicted molar refractivity (Wildman–Crippen MR) is 53.8 cm³/mol. The number of rotatable bonds is 4. The first-order chi connectivity index (χ1) is 8.18. The molecule has 0 aliphatic rings. The topological polar surface area (TPSA) is 90.3 Å². The smallest absolute Gasteiger partial charge is 0.309 e. The van der Waals surface area contributed by atoms with E-state index in [0.29, 0.717) is 5.56 Å². The first kappa shape index (κ1) is 11.1. The van der Waals surface area contributed by atoms with Gasteiger partial charge >= 0.3 is 5.97 Å². The number of aryl methyl sites for hydroxylation is 1. The lowest BCUT2D eigenvalue weighted by molar-refractivity contribution is -0.752. The van der Waals surface area contributed by atoms with E-state index >= 15 is 0 Å². The number of carboxylic acids is 1. The lowest BCUT2D eigenvalue weighted by Gasteiger charge is -1.97. The minimum absolute atomic E-state index is 0.102. The van der Waals surface area contributed by atoms with Gasteiger partial charge in [-0.2, -0.15) is 0 Å². The second-order valence-electron chi connectivity index (χ2n) is 3.44. The first-order valence-corrected chi connectivity index (χ1v) is 5.02. The van der Waals surface area contributed by atoms with Crippen LogP contribution in [0.25, 0.3) is 11.3 Å². The van der Waals surface area contributed by atoms with Gasteiger partial charge in [0.25, 0.3) is 5.69 Å². The second kappa shape index (κ2) is 4.65. The predicted octanol–water partition coefficient (Wildman–Crippen LogP) is 0.177. The van der Waals surface area contributed by atoms with Crippen LogP contribution in [-0.4, -0.2) is 16.3 Å². The Hall–Kier alpha value is -2.37. The Morgan fingerprint density at radius 2 is 2.12 bits per heavy atom. The van der Waals surface area contributed by atoms with Gasteiger partial charge < -0.3 is 14.7 Å². The SMILES string of the molecule is O=C(O)CC[n+]1noc([O-])c1-c1ccccc1. The third kappa shape index (κ3) is 2.41. The molecular formula is C11H10N2O4. The van der Waals surface area contributed by atoms with Crippen LogP contribution in [0.15, 0.2) is 34.9 Å². The number of aromatic nitrogens is 2. The van der Waals surface area contributed by atoms with Crippen LogP contribution in [0.1, 0.15) is 6.42 Å². The Morgan fingerprint density at radius 1 is 1.41 bits per heavy atom. The van der Waals surface area contributed by atoms with Crippen LogP contribution in [0.3, 0.4) is 0 Å². The number of hydrogen-bond donors (Lipinski definition) is 1. The van der Waals surface area contributed by atoms with E-state index in [1.165, 1.54) is 4.68 Å². The standard InChI is InChI=1S/C11H10N2O4/c14-9(15)6-7-13-10(11(16)17-12-13)8-4-2-1-3-5-8/h1-5H,6-7H2,(H-,12,14,15,16). The van der Waals surface area contributed by atoms with E-state index in [9.17, 15) is 9.90 Å². The van der Waals surface area contributed by atoms with Crippen molar-refractivity contribution in [1.82, 2.24) is 5.27 Å². The van der Waals surface area contributed by atoms with E-state index in [2.05, 4.69) is 9.79 Å². The minimum Gasteiger partial charge on any atom is -0.539 e. The maximum atomic E-state index is 11.5. The van der Waals surface area contributed by atoms with Crippen molar-refractivity contribution in [2.75, 3.05) is 0 Å². The minimum atomic E-state index is -0.952. The van der Waals surface area contributed by atoms with Crippen LogP contribution >= 0.6 is 0 Å². The van der Waals surface area contributed by atoms with E-state index in [1.54, 1.807) is 24.3 Å². The van der Waals surface area contributed by atoms with Crippen molar-refractivity contribution in [3.05, 3.63) is 30.3 Å². The van der Waals surface area contributed by atoms with Crippen molar-refractivity contribution in [2.45, 2.75) is 13.0 Å². The monoisotopic (exact) mass is 234 g/mol. The fourth-order valence-electron chi connectivity index (χ4n) is 1.49. The molecule has 0 saturated heterocycles. The zero-order valence-corrected chi connectivity index (χ0v) is 8.87. The summed E-state index contributed by atoms with van der Waals surface area (Å²) in [5.41, 5.74) is 0.927. The highest BCUT2D eigenvalue weighted by atomic mass is 16.6. The molecule has 6 heteroatoms. The van der Waals surface area contributed by atoms with Crippen molar-refractivity contribution in [1.29, 1.82) is 0 Å². The van der Waals surface area contributed by atoms with Crippen molar-refractivity contribution < 1.29 is 24.2 Å². The van der Waals surface area contributed by atoms with Crippen molar-refractivity contribution in [3.63, 3.8) is 0 Å².